The Morgan fingerprint density at radius 2 is 2.00 bits per heavy atom. The van der Waals surface area contributed by atoms with Crippen LogP contribution in [-0.4, -0.2) is 49.0 Å². The van der Waals surface area contributed by atoms with Crippen LogP contribution in [0.5, 0.6) is 0 Å². The van der Waals surface area contributed by atoms with Gasteiger partial charge in [-0.05, 0) is 12.6 Å². The van der Waals surface area contributed by atoms with Gasteiger partial charge in [0.15, 0.2) is 0 Å². The molecule has 0 aliphatic carbocycles. The van der Waals surface area contributed by atoms with Crippen molar-refractivity contribution in [1.82, 2.24) is 4.90 Å². The summed E-state index contributed by atoms with van der Waals surface area (Å²) in [5.41, 5.74) is 0.352. The quantitative estimate of drug-likeness (QED) is 0.889. The Hall–Kier alpha value is -1.41. The molecule has 1 N–H and O–H groups in total. The van der Waals surface area contributed by atoms with Gasteiger partial charge in [0.2, 0.25) is 0 Å². The van der Waals surface area contributed by atoms with E-state index in [-0.39, 0.29) is 5.92 Å². The number of hydrogen-bond donors (Lipinski definition) is 1. The summed E-state index contributed by atoms with van der Waals surface area (Å²) in [4.78, 5) is 2.05. The molecule has 4 nitrogen and oxygen atoms in total. The molecule has 20 heavy (non-hydrogen) atoms. The van der Waals surface area contributed by atoms with E-state index in [1.165, 1.54) is 0 Å². The van der Waals surface area contributed by atoms with Crippen LogP contribution in [0.3, 0.4) is 0 Å². The fourth-order valence-corrected chi connectivity index (χ4v) is 2.69. The molecule has 0 saturated carbocycles. The molecule has 1 aliphatic heterocycles. The standard InChI is InChI=1S/C16H22N2O2/c1-18(13-16(19)7-9-20-10-8-16)12-15(11-17)14-5-3-2-4-6-14/h2-6,15,19H,7-10,12-13H2,1H3. The highest BCUT2D eigenvalue weighted by Crippen LogP contribution is 2.23. The van der Waals surface area contributed by atoms with E-state index in [1.54, 1.807) is 0 Å². The van der Waals surface area contributed by atoms with Crippen LogP contribution in [0, 0.1) is 11.3 Å². The zero-order valence-electron chi connectivity index (χ0n) is 12.0. The maximum absolute atomic E-state index is 10.5. The molecule has 1 heterocycles. The second kappa shape index (κ2) is 6.85. The molecule has 1 aliphatic rings. The van der Waals surface area contributed by atoms with Crippen LogP contribution in [0.4, 0.5) is 0 Å². The summed E-state index contributed by atoms with van der Waals surface area (Å²) in [7, 11) is 1.96. The van der Waals surface area contributed by atoms with E-state index in [0.29, 0.717) is 39.1 Å². The predicted octanol–water partition coefficient (Wildman–Crippen LogP) is 1.77. The SMILES string of the molecule is CN(CC(C#N)c1ccccc1)CC1(O)CCOCC1. The Balaban J connectivity index is 1.93. The minimum absolute atomic E-state index is 0.162. The van der Waals surface area contributed by atoms with Crippen LogP contribution in [0.1, 0.15) is 24.3 Å². The summed E-state index contributed by atoms with van der Waals surface area (Å²) in [6, 6.07) is 12.2. The Kier molecular flexibility index (Phi) is 5.13. The minimum atomic E-state index is -0.677. The molecule has 1 aromatic carbocycles. The smallest absolute Gasteiger partial charge is 0.0839 e. The lowest BCUT2D eigenvalue weighted by molar-refractivity contribution is -0.0769. The molecule has 1 aromatic rings. The first-order chi connectivity index (χ1) is 9.63. The summed E-state index contributed by atoms with van der Waals surface area (Å²) >= 11 is 0. The van der Waals surface area contributed by atoms with Crippen molar-refractivity contribution in [3.8, 4) is 6.07 Å². The first-order valence-electron chi connectivity index (χ1n) is 7.06. The van der Waals surface area contributed by atoms with Gasteiger partial charge in [-0.25, -0.2) is 0 Å². The Labute approximate surface area is 120 Å². The number of nitriles is 1. The summed E-state index contributed by atoms with van der Waals surface area (Å²) in [6.07, 6.45) is 1.33. The van der Waals surface area contributed by atoms with Gasteiger partial charge in [-0.1, -0.05) is 30.3 Å². The van der Waals surface area contributed by atoms with Gasteiger partial charge < -0.3 is 14.7 Å². The molecule has 1 atom stereocenters. The van der Waals surface area contributed by atoms with E-state index in [9.17, 15) is 10.4 Å². The molecule has 1 saturated heterocycles. The molecule has 1 fully saturated rings. The van der Waals surface area contributed by atoms with Gasteiger partial charge in [0.05, 0.1) is 17.6 Å². The number of hydrogen-bond acceptors (Lipinski definition) is 4. The van der Waals surface area contributed by atoms with Crippen molar-refractivity contribution in [2.24, 2.45) is 0 Å². The van der Waals surface area contributed by atoms with Crippen molar-refractivity contribution < 1.29 is 9.84 Å². The van der Waals surface area contributed by atoms with Crippen LogP contribution >= 0.6 is 0 Å². The highest BCUT2D eigenvalue weighted by Gasteiger charge is 2.31. The second-order valence-corrected chi connectivity index (χ2v) is 5.63. The zero-order valence-corrected chi connectivity index (χ0v) is 12.0. The highest BCUT2D eigenvalue weighted by atomic mass is 16.5. The van der Waals surface area contributed by atoms with E-state index in [4.69, 9.17) is 4.74 Å². The fraction of sp³-hybridized carbons (Fsp3) is 0.562. The maximum atomic E-state index is 10.5. The predicted molar refractivity (Wildman–Crippen MR) is 77.3 cm³/mol. The van der Waals surface area contributed by atoms with Gasteiger partial charge >= 0.3 is 0 Å². The molecule has 108 valence electrons. The zero-order chi connectivity index (χ0) is 14.4. The summed E-state index contributed by atoms with van der Waals surface area (Å²) < 4.78 is 5.29. The van der Waals surface area contributed by atoms with Gasteiger partial charge in [-0.3, -0.25) is 0 Å². The van der Waals surface area contributed by atoms with E-state index in [0.717, 1.165) is 5.56 Å². The van der Waals surface area contributed by atoms with Gasteiger partial charge in [0, 0.05) is 39.1 Å². The monoisotopic (exact) mass is 274 g/mol. The van der Waals surface area contributed by atoms with Crippen molar-refractivity contribution in [1.29, 1.82) is 5.26 Å². The number of nitrogens with zero attached hydrogens (tertiary/aromatic N) is 2. The fourth-order valence-electron chi connectivity index (χ4n) is 2.69. The van der Waals surface area contributed by atoms with Crippen LogP contribution in [0.2, 0.25) is 0 Å². The summed E-state index contributed by atoms with van der Waals surface area (Å²) in [5.74, 6) is -0.162. The van der Waals surface area contributed by atoms with Gasteiger partial charge in [-0.15, -0.1) is 0 Å². The van der Waals surface area contributed by atoms with Crippen LogP contribution in [0.15, 0.2) is 30.3 Å². The third kappa shape index (κ3) is 4.04. The molecular formula is C16H22N2O2. The molecular weight excluding hydrogens is 252 g/mol. The third-order valence-electron chi connectivity index (χ3n) is 3.84. The topological polar surface area (TPSA) is 56.5 Å². The van der Waals surface area contributed by atoms with Gasteiger partial charge in [-0.2, -0.15) is 5.26 Å². The first kappa shape index (κ1) is 15.0. The lowest BCUT2D eigenvalue weighted by atomic mass is 9.93. The number of benzene rings is 1. The van der Waals surface area contributed by atoms with Crippen molar-refractivity contribution in [2.75, 3.05) is 33.4 Å². The lowest BCUT2D eigenvalue weighted by Gasteiger charge is -2.36. The summed E-state index contributed by atoms with van der Waals surface area (Å²) in [5, 5.41) is 19.8. The van der Waals surface area contributed by atoms with Crippen molar-refractivity contribution >= 4 is 0 Å². The third-order valence-corrected chi connectivity index (χ3v) is 3.84. The summed E-state index contributed by atoms with van der Waals surface area (Å²) in [6.45, 7) is 2.44. The molecule has 2 rings (SSSR count). The van der Waals surface area contributed by atoms with Crippen molar-refractivity contribution in [2.45, 2.75) is 24.4 Å². The van der Waals surface area contributed by atoms with E-state index < -0.39 is 5.60 Å². The average Bonchev–Trinajstić information content (AvgIpc) is 2.46. The van der Waals surface area contributed by atoms with Gasteiger partial charge in [0.1, 0.15) is 0 Å². The van der Waals surface area contributed by atoms with E-state index in [2.05, 4.69) is 6.07 Å². The maximum Gasteiger partial charge on any atom is 0.0839 e. The largest absolute Gasteiger partial charge is 0.388 e. The molecule has 0 aromatic heterocycles. The Morgan fingerprint density at radius 3 is 2.60 bits per heavy atom. The van der Waals surface area contributed by atoms with E-state index >= 15 is 0 Å². The molecule has 1 unspecified atom stereocenters. The van der Waals surface area contributed by atoms with Crippen molar-refractivity contribution in [3.63, 3.8) is 0 Å². The number of likely N-dealkylation sites (N-methyl/N-ethyl adjacent to an activating group) is 1. The first-order valence-corrected chi connectivity index (χ1v) is 7.06. The van der Waals surface area contributed by atoms with Crippen molar-refractivity contribution in [3.05, 3.63) is 35.9 Å². The molecule has 0 spiro atoms. The highest BCUT2D eigenvalue weighted by molar-refractivity contribution is 5.25. The molecule has 4 heteroatoms. The van der Waals surface area contributed by atoms with Crippen LogP contribution < -0.4 is 0 Å². The normalized spacial score (nSPS) is 19.5. The number of ether oxygens (including phenoxy) is 1. The molecule has 0 radical (unpaired) electrons. The van der Waals surface area contributed by atoms with Crippen LogP contribution in [-0.2, 0) is 4.74 Å². The number of rotatable bonds is 5. The Morgan fingerprint density at radius 1 is 1.35 bits per heavy atom. The van der Waals surface area contributed by atoms with Gasteiger partial charge in [0.25, 0.3) is 0 Å². The number of aliphatic hydroxyl groups is 1. The molecule has 0 amide bonds. The molecule has 0 bridgehead atoms. The lowest BCUT2D eigenvalue weighted by Crippen LogP contribution is -2.46. The van der Waals surface area contributed by atoms with E-state index in [1.807, 2.05) is 42.3 Å². The average molecular weight is 274 g/mol. The second-order valence-electron chi connectivity index (χ2n) is 5.63. The Bertz CT molecular complexity index is 449. The minimum Gasteiger partial charge on any atom is -0.388 e. The van der Waals surface area contributed by atoms with Crippen LogP contribution in [0.25, 0.3) is 0 Å².